The summed E-state index contributed by atoms with van der Waals surface area (Å²) >= 11 is 5.22. The number of anilines is 2. The Morgan fingerprint density at radius 2 is 2.00 bits per heavy atom. The van der Waals surface area contributed by atoms with Gasteiger partial charge in [-0.2, -0.15) is 0 Å². The van der Waals surface area contributed by atoms with Crippen LogP contribution in [0.3, 0.4) is 0 Å². The molecule has 108 valence electrons. The van der Waals surface area contributed by atoms with Gasteiger partial charge in [0.15, 0.2) is 0 Å². The van der Waals surface area contributed by atoms with Gasteiger partial charge in [-0.05, 0) is 22.4 Å². The van der Waals surface area contributed by atoms with E-state index in [2.05, 4.69) is 55.4 Å². The van der Waals surface area contributed by atoms with Gasteiger partial charge >= 0.3 is 0 Å². The SMILES string of the molecule is CCCNc1ncnc(NCC(C)c2nccs2)c1Br. The van der Waals surface area contributed by atoms with E-state index in [1.165, 1.54) is 0 Å². The highest BCUT2D eigenvalue weighted by Gasteiger charge is 2.11. The van der Waals surface area contributed by atoms with E-state index in [1.54, 1.807) is 17.7 Å². The molecule has 0 aliphatic rings. The van der Waals surface area contributed by atoms with Crippen molar-refractivity contribution in [1.82, 2.24) is 15.0 Å². The highest BCUT2D eigenvalue weighted by atomic mass is 79.9. The fourth-order valence-corrected chi connectivity index (χ4v) is 2.86. The number of aromatic nitrogens is 3. The average molecular weight is 356 g/mol. The number of halogens is 1. The smallest absolute Gasteiger partial charge is 0.145 e. The van der Waals surface area contributed by atoms with Gasteiger partial charge in [0, 0.05) is 30.6 Å². The molecule has 7 heteroatoms. The first-order valence-corrected chi connectivity index (χ1v) is 8.27. The number of hydrogen-bond acceptors (Lipinski definition) is 6. The Labute approximate surface area is 131 Å². The minimum absolute atomic E-state index is 0.351. The van der Waals surface area contributed by atoms with Crippen LogP contribution in [0.4, 0.5) is 11.6 Å². The molecule has 0 radical (unpaired) electrons. The first kappa shape index (κ1) is 15.2. The highest BCUT2D eigenvalue weighted by molar-refractivity contribution is 9.10. The highest BCUT2D eigenvalue weighted by Crippen LogP contribution is 2.27. The predicted molar refractivity (Wildman–Crippen MR) is 87.5 cm³/mol. The van der Waals surface area contributed by atoms with Gasteiger partial charge in [-0.15, -0.1) is 11.3 Å². The molecule has 20 heavy (non-hydrogen) atoms. The van der Waals surface area contributed by atoms with E-state index in [9.17, 15) is 0 Å². The molecule has 0 aliphatic carbocycles. The zero-order valence-electron chi connectivity index (χ0n) is 11.6. The lowest BCUT2D eigenvalue weighted by molar-refractivity contribution is 0.790. The van der Waals surface area contributed by atoms with Crippen molar-refractivity contribution in [2.45, 2.75) is 26.2 Å². The van der Waals surface area contributed by atoms with Crippen molar-refractivity contribution in [3.63, 3.8) is 0 Å². The van der Waals surface area contributed by atoms with E-state index in [0.29, 0.717) is 5.92 Å². The van der Waals surface area contributed by atoms with Crippen LogP contribution >= 0.6 is 27.3 Å². The van der Waals surface area contributed by atoms with Crippen LogP contribution in [0.25, 0.3) is 0 Å². The zero-order chi connectivity index (χ0) is 14.4. The maximum atomic E-state index is 4.33. The van der Waals surface area contributed by atoms with Gasteiger partial charge in [0.2, 0.25) is 0 Å². The maximum Gasteiger partial charge on any atom is 0.145 e. The van der Waals surface area contributed by atoms with Crippen LogP contribution in [-0.2, 0) is 0 Å². The molecule has 2 aromatic rings. The van der Waals surface area contributed by atoms with Gasteiger partial charge in [-0.3, -0.25) is 0 Å². The molecule has 0 bridgehead atoms. The van der Waals surface area contributed by atoms with Crippen molar-refractivity contribution in [2.24, 2.45) is 0 Å². The van der Waals surface area contributed by atoms with Crippen LogP contribution in [0.2, 0.25) is 0 Å². The standard InChI is InChI=1S/C13H18BrN5S/c1-3-4-15-11-10(14)12(19-8-18-11)17-7-9(2)13-16-5-6-20-13/h5-6,8-9H,3-4,7H2,1-2H3,(H2,15,17,18,19). The van der Waals surface area contributed by atoms with Crippen LogP contribution < -0.4 is 10.6 Å². The molecule has 0 saturated carbocycles. The van der Waals surface area contributed by atoms with E-state index in [1.807, 2.05) is 11.6 Å². The summed E-state index contributed by atoms with van der Waals surface area (Å²) in [6.45, 7) is 5.95. The van der Waals surface area contributed by atoms with Gasteiger partial charge in [-0.1, -0.05) is 13.8 Å². The Balaban J connectivity index is 1.99. The summed E-state index contributed by atoms with van der Waals surface area (Å²) in [5.74, 6) is 1.98. The normalized spacial score (nSPS) is 12.2. The van der Waals surface area contributed by atoms with E-state index in [-0.39, 0.29) is 0 Å². The third-order valence-corrected chi connectivity index (χ3v) is 4.54. The van der Waals surface area contributed by atoms with Crippen molar-refractivity contribution in [3.8, 4) is 0 Å². The summed E-state index contributed by atoms with van der Waals surface area (Å²) in [6.07, 6.45) is 4.46. The number of rotatable bonds is 7. The molecule has 2 N–H and O–H groups in total. The fraction of sp³-hybridized carbons (Fsp3) is 0.462. The molecule has 0 aliphatic heterocycles. The van der Waals surface area contributed by atoms with Crippen LogP contribution in [0.1, 0.15) is 31.2 Å². The predicted octanol–water partition coefficient (Wildman–Crippen LogP) is 3.73. The van der Waals surface area contributed by atoms with Gasteiger partial charge in [-0.25, -0.2) is 15.0 Å². The molecular weight excluding hydrogens is 338 g/mol. The summed E-state index contributed by atoms with van der Waals surface area (Å²) < 4.78 is 0.875. The average Bonchev–Trinajstić information content (AvgIpc) is 2.99. The molecular formula is C13H18BrN5S. The minimum atomic E-state index is 0.351. The molecule has 0 saturated heterocycles. The molecule has 0 spiro atoms. The summed E-state index contributed by atoms with van der Waals surface area (Å²) in [4.78, 5) is 12.8. The van der Waals surface area contributed by atoms with Crippen LogP contribution in [0.15, 0.2) is 22.4 Å². The number of nitrogens with one attached hydrogen (secondary N) is 2. The Kier molecular flexibility index (Phi) is 5.72. The second-order valence-corrected chi connectivity index (χ2v) is 6.18. The van der Waals surface area contributed by atoms with Gasteiger partial charge < -0.3 is 10.6 Å². The molecule has 1 atom stereocenters. The number of thiazole rings is 1. The lowest BCUT2D eigenvalue weighted by Crippen LogP contribution is -2.12. The lowest BCUT2D eigenvalue weighted by Gasteiger charge is -2.13. The van der Waals surface area contributed by atoms with Crippen LogP contribution in [-0.4, -0.2) is 28.0 Å². The number of nitrogens with zero attached hydrogens (tertiary/aromatic N) is 3. The Hall–Kier alpha value is -1.21. The van der Waals surface area contributed by atoms with E-state index < -0.39 is 0 Å². The van der Waals surface area contributed by atoms with Crippen LogP contribution in [0.5, 0.6) is 0 Å². The van der Waals surface area contributed by atoms with E-state index in [0.717, 1.165) is 40.6 Å². The quantitative estimate of drug-likeness (QED) is 0.792. The Morgan fingerprint density at radius 3 is 2.65 bits per heavy atom. The monoisotopic (exact) mass is 355 g/mol. The fourth-order valence-electron chi connectivity index (χ4n) is 1.67. The summed E-state index contributed by atoms with van der Waals surface area (Å²) in [5.41, 5.74) is 0. The van der Waals surface area contributed by atoms with Crippen molar-refractivity contribution in [1.29, 1.82) is 0 Å². The summed E-state index contributed by atoms with van der Waals surface area (Å²) in [5, 5.41) is 9.75. The van der Waals surface area contributed by atoms with E-state index in [4.69, 9.17) is 0 Å². The first-order chi connectivity index (χ1) is 9.72. The van der Waals surface area contributed by atoms with Gasteiger partial charge in [0.05, 0.1) is 5.01 Å². The van der Waals surface area contributed by atoms with Gasteiger partial charge in [0.1, 0.15) is 22.4 Å². The minimum Gasteiger partial charge on any atom is -0.369 e. The number of hydrogen-bond donors (Lipinski definition) is 2. The maximum absolute atomic E-state index is 4.33. The third-order valence-electron chi connectivity index (χ3n) is 2.78. The molecule has 0 amide bonds. The second kappa shape index (κ2) is 7.54. The van der Waals surface area contributed by atoms with Crippen molar-refractivity contribution in [3.05, 3.63) is 27.4 Å². The molecule has 2 heterocycles. The van der Waals surface area contributed by atoms with Crippen molar-refractivity contribution >= 4 is 38.9 Å². The molecule has 2 aromatic heterocycles. The summed E-state index contributed by atoms with van der Waals surface area (Å²) in [6, 6.07) is 0. The molecule has 1 unspecified atom stereocenters. The first-order valence-electron chi connectivity index (χ1n) is 6.60. The Bertz CT molecular complexity index is 532. The zero-order valence-corrected chi connectivity index (χ0v) is 14.0. The van der Waals surface area contributed by atoms with Gasteiger partial charge in [0.25, 0.3) is 0 Å². The van der Waals surface area contributed by atoms with Crippen LogP contribution in [0, 0.1) is 0 Å². The molecule has 0 aromatic carbocycles. The molecule has 5 nitrogen and oxygen atoms in total. The lowest BCUT2D eigenvalue weighted by atomic mass is 10.2. The Morgan fingerprint density at radius 1 is 1.25 bits per heavy atom. The topological polar surface area (TPSA) is 62.7 Å². The second-order valence-electron chi connectivity index (χ2n) is 4.46. The molecule has 0 fully saturated rings. The van der Waals surface area contributed by atoms with E-state index >= 15 is 0 Å². The summed E-state index contributed by atoms with van der Waals surface area (Å²) in [7, 11) is 0. The van der Waals surface area contributed by atoms with Crippen molar-refractivity contribution < 1.29 is 0 Å². The molecule has 2 rings (SSSR count). The largest absolute Gasteiger partial charge is 0.369 e. The van der Waals surface area contributed by atoms with Crippen molar-refractivity contribution in [2.75, 3.05) is 23.7 Å². The third kappa shape index (κ3) is 3.89.